The summed E-state index contributed by atoms with van der Waals surface area (Å²) in [5.41, 5.74) is 6.91. The van der Waals surface area contributed by atoms with Crippen LogP contribution in [-0.2, 0) is 6.54 Å². The first-order chi connectivity index (χ1) is 8.13. The van der Waals surface area contributed by atoms with Crippen LogP contribution in [0.4, 0.5) is 0 Å². The van der Waals surface area contributed by atoms with E-state index >= 15 is 0 Å². The van der Waals surface area contributed by atoms with Crippen LogP contribution in [0.5, 0.6) is 0 Å². The Morgan fingerprint density at radius 1 is 1.41 bits per heavy atom. The molecule has 0 aliphatic heterocycles. The van der Waals surface area contributed by atoms with Crippen LogP contribution in [-0.4, -0.2) is 24.5 Å². The number of amides is 1. The highest BCUT2D eigenvalue weighted by Gasteiger charge is 2.02. The summed E-state index contributed by atoms with van der Waals surface area (Å²) in [5, 5.41) is 3.41. The lowest BCUT2D eigenvalue weighted by Gasteiger charge is -2.11. The molecule has 1 aromatic carbocycles. The molecule has 0 saturated heterocycles. The second kappa shape index (κ2) is 7.35. The van der Waals surface area contributed by atoms with Crippen molar-refractivity contribution in [2.24, 2.45) is 11.7 Å². The van der Waals surface area contributed by atoms with Crippen LogP contribution >= 0.6 is 11.8 Å². The molecular weight excluding hydrogens is 232 g/mol. The van der Waals surface area contributed by atoms with Gasteiger partial charge in [0.15, 0.2) is 0 Å². The minimum absolute atomic E-state index is 0.377. The average molecular weight is 252 g/mol. The molecule has 3 N–H and O–H groups in total. The van der Waals surface area contributed by atoms with Gasteiger partial charge < -0.3 is 11.1 Å². The van der Waals surface area contributed by atoms with Gasteiger partial charge in [-0.3, -0.25) is 4.79 Å². The predicted molar refractivity (Wildman–Crippen MR) is 74.2 cm³/mol. The van der Waals surface area contributed by atoms with E-state index in [4.69, 9.17) is 5.73 Å². The Morgan fingerprint density at radius 2 is 2.06 bits per heavy atom. The van der Waals surface area contributed by atoms with E-state index in [9.17, 15) is 4.79 Å². The maximum Gasteiger partial charge on any atom is 0.248 e. The zero-order valence-electron chi connectivity index (χ0n) is 10.4. The molecule has 0 radical (unpaired) electrons. The molecule has 0 fully saturated rings. The molecule has 1 aromatic rings. The van der Waals surface area contributed by atoms with Crippen molar-refractivity contribution in [2.75, 3.05) is 18.6 Å². The van der Waals surface area contributed by atoms with Crippen molar-refractivity contribution in [3.05, 3.63) is 35.4 Å². The molecule has 0 bridgehead atoms. The molecule has 0 spiro atoms. The fourth-order valence-corrected chi connectivity index (χ4v) is 2.28. The van der Waals surface area contributed by atoms with Crippen molar-refractivity contribution in [3.63, 3.8) is 0 Å². The number of rotatable bonds is 7. The zero-order chi connectivity index (χ0) is 12.7. The monoisotopic (exact) mass is 252 g/mol. The van der Waals surface area contributed by atoms with Gasteiger partial charge in [-0.2, -0.15) is 11.8 Å². The molecule has 1 atom stereocenters. The van der Waals surface area contributed by atoms with Crippen LogP contribution in [0, 0.1) is 5.92 Å². The van der Waals surface area contributed by atoms with E-state index in [0.29, 0.717) is 11.5 Å². The molecule has 1 amide bonds. The smallest absolute Gasteiger partial charge is 0.248 e. The van der Waals surface area contributed by atoms with Crippen molar-refractivity contribution in [1.29, 1.82) is 0 Å². The van der Waals surface area contributed by atoms with Gasteiger partial charge in [-0.1, -0.05) is 19.1 Å². The van der Waals surface area contributed by atoms with Crippen LogP contribution in [0.25, 0.3) is 0 Å². The highest BCUT2D eigenvalue weighted by molar-refractivity contribution is 7.98. The average Bonchev–Trinajstić information content (AvgIpc) is 2.30. The second-order valence-corrected chi connectivity index (χ2v) is 5.16. The molecule has 1 unspecified atom stereocenters. The summed E-state index contributed by atoms with van der Waals surface area (Å²) in [4.78, 5) is 10.9. The highest BCUT2D eigenvalue weighted by atomic mass is 32.2. The van der Waals surface area contributed by atoms with Gasteiger partial charge >= 0.3 is 0 Å². The van der Waals surface area contributed by atoms with E-state index in [2.05, 4.69) is 18.5 Å². The van der Waals surface area contributed by atoms with Gasteiger partial charge in [0.1, 0.15) is 0 Å². The minimum Gasteiger partial charge on any atom is -0.366 e. The van der Waals surface area contributed by atoms with Gasteiger partial charge in [-0.15, -0.1) is 0 Å². The van der Waals surface area contributed by atoms with Crippen LogP contribution < -0.4 is 11.1 Å². The Balaban J connectivity index is 2.34. The maximum atomic E-state index is 10.9. The fraction of sp³-hybridized carbons (Fsp3) is 0.462. The van der Waals surface area contributed by atoms with Crippen LogP contribution in [0.3, 0.4) is 0 Å². The number of thioether (sulfide) groups is 1. The SMILES string of the molecule is CSCC(C)CNCc1ccc(C(N)=O)cc1. The van der Waals surface area contributed by atoms with E-state index < -0.39 is 0 Å². The lowest BCUT2D eigenvalue weighted by Crippen LogP contribution is -2.22. The first-order valence-electron chi connectivity index (χ1n) is 5.72. The van der Waals surface area contributed by atoms with Crippen molar-refractivity contribution in [3.8, 4) is 0 Å². The van der Waals surface area contributed by atoms with Crippen LogP contribution in [0.15, 0.2) is 24.3 Å². The number of nitrogens with two attached hydrogens (primary N) is 1. The Morgan fingerprint density at radius 3 is 2.59 bits per heavy atom. The first-order valence-corrected chi connectivity index (χ1v) is 7.11. The molecule has 17 heavy (non-hydrogen) atoms. The van der Waals surface area contributed by atoms with Crippen molar-refractivity contribution < 1.29 is 4.79 Å². The lowest BCUT2D eigenvalue weighted by atomic mass is 10.1. The number of benzene rings is 1. The second-order valence-electron chi connectivity index (χ2n) is 4.25. The van der Waals surface area contributed by atoms with Crippen molar-refractivity contribution in [1.82, 2.24) is 5.32 Å². The Hall–Kier alpha value is -1.00. The van der Waals surface area contributed by atoms with E-state index in [-0.39, 0.29) is 5.91 Å². The number of hydrogen-bond donors (Lipinski definition) is 2. The quantitative estimate of drug-likeness (QED) is 0.779. The number of hydrogen-bond acceptors (Lipinski definition) is 3. The summed E-state index contributed by atoms with van der Waals surface area (Å²) >= 11 is 1.87. The van der Waals surface area contributed by atoms with Gasteiger partial charge in [-0.25, -0.2) is 0 Å². The highest BCUT2D eigenvalue weighted by Crippen LogP contribution is 2.05. The molecule has 0 aromatic heterocycles. The third kappa shape index (κ3) is 5.24. The third-order valence-electron chi connectivity index (χ3n) is 2.51. The number of carbonyl (C=O) groups is 1. The zero-order valence-corrected chi connectivity index (χ0v) is 11.2. The summed E-state index contributed by atoms with van der Waals surface area (Å²) in [5.74, 6) is 1.47. The fourth-order valence-electron chi connectivity index (χ4n) is 1.59. The Kier molecular flexibility index (Phi) is 6.08. The molecule has 0 saturated carbocycles. The topological polar surface area (TPSA) is 55.1 Å². The molecule has 0 aliphatic carbocycles. The maximum absolute atomic E-state index is 10.9. The van der Waals surface area contributed by atoms with Crippen molar-refractivity contribution >= 4 is 17.7 Å². The number of carbonyl (C=O) groups excluding carboxylic acids is 1. The van der Waals surface area contributed by atoms with Gasteiger partial charge in [0, 0.05) is 12.1 Å². The largest absolute Gasteiger partial charge is 0.366 e. The molecule has 0 aliphatic rings. The number of primary amides is 1. The van der Waals surface area contributed by atoms with Crippen LogP contribution in [0.2, 0.25) is 0 Å². The summed E-state index contributed by atoms with van der Waals surface area (Å²) in [6, 6.07) is 7.41. The van der Waals surface area contributed by atoms with Gasteiger partial charge in [0.2, 0.25) is 5.91 Å². The summed E-state index contributed by atoms with van der Waals surface area (Å²) in [6.07, 6.45) is 2.12. The number of nitrogens with one attached hydrogen (secondary N) is 1. The minimum atomic E-state index is -0.377. The molecule has 1 rings (SSSR count). The Labute approximate surface area is 107 Å². The molecule has 4 heteroatoms. The molecule has 0 heterocycles. The van der Waals surface area contributed by atoms with Crippen LogP contribution in [0.1, 0.15) is 22.8 Å². The summed E-state index contributed by atoms with van der Waals surface area (Å²) < 4.78 is 0. The van der Waals surface area contributed by atoms with Gasteiger partial charge in [-0.05, 0) is 42.2 Å². The molecule has 94 valence electrons. The van der Waals surface area contributed by atoms with Gasteiger partial charge in [0.25, 0.3) is 0 Å². The summed E-state index contributed by atoms with van der Waals surface area (Å²) in [7, 11) is 0. The van der Waals surface area contributed by atoms with E-state index in [1.54, 1.807) is 12.1 Å². The van der Waals surface area contributed by atoms with E-state index in [0.717, 1.165) is 13.1 Å². The van der Waals surface area contributed by atoms with E-state index in [1.807, 2.05) is 23.9 Å². The first kappa shape index (κ1) is 14.1. The van der Waals surface area contributed by atoms with Crippen molar-refractivity contribution in [2.45, 2.75) is 13.5 Å². The summed E-state index contributed by atoms with van der Waals surface area (Å²) in [6.45, 7) is 4.08. The molecule has 3 nitrogen and oxygen atoms in total. The Bertz CT molecular complexity index is 351. The van der Waals surface area contributed by atoms with E-state index in [1.165, 1.54) is 11.3 Å². The van der Waals surface area contributed by atoms with Gasteiger partial charge in [0.05, 0.1) is 0 Å². The lowest BCUT2D eigenvalue weighted by molar-refractivity contribution is 0.100. The third-order valence-corrected chi connectivity index (χ3v) is 3.41. The molecular formula is C13H20N2OS. The predicted octanol–water partition coefficient (Wildman–Crippen LogP) is 1.87. The normalized spacial score (nSPS) is 12.4. The standard InChI is InChI=1S/C13H20N2OS/c1-10(9-17-2)7-15-8-11-3-5-12(6-4-11)13(14)16/h3-6,10,15H,7-9H2,1-2H3,(H2,14,16).